The Kier molecular flexibility index (Phi) is 5.37. The van der Waals surface area contributed by atoms with Crippen LogP contribution in [0.4, 0.5) is 0 Å². The van der Waals surface area contributed by atoms with Gasteiger partial charge >= 0.3 is 0 Å². The van der Waals surface area contributed by atoms with Crippen molar-refractivity contribution in [2.45, 2.75) is 39.8 Å². The summed E-state index contributed by atoms with van der Waals surface area (Å²) in [5, 5.41) is 2.24. The Morgan fingerprint density at radius 3 is 2.04 bits per heavy atom. The van der Waals surface area contributed by atoms with E-state index in [1.54, 1.807) is 6.26 Å². The van der Waals surface area contributed by atoms with Crippen LogP contribution in [0.2, 0.25) is 0 Å². The van der Waals surface area contributed by atoms with Crippen LogP contribution >= 0.6 is 23.5 Å². The largest absolute Gasteiger partial charge is 0.465 e. The van der Waals surface area contributed by atoms with Gasteiger partial charge in [-0.2, -0.15) is 0 Å². The Morgan fingerprint density at radius 1 is 1.09 bits per heavy atom. The van der Waals surface area contributed by atoms with Gasteiger partial charge in [-0.15, -0.1) is 23.5 Å². The summed E-state index contributed by atoms with van der Waals surface area (Å²) in [6.07, 6.45) is 3.81. The summed E-state index contributed by atoms with van der Waals surface area (Å²) in [4.78, 5) is 9.92. The molecule has 0 saturated carbocycles. The van der Waals surface area contributed by atoms with Crippen LogP contribution in [0, 0.1) is 11.8 Å². The number of nitrogens with zero attached hydrogens (tertiary/aromatic N) is 2. The van der Waals surface area contributed by atoms with Crippen LogP contribution in [0.1, 0.15) is 33.5 Å². The second-order valence-corrected chi connectivity index (χ2v) is 8.70. The highest BCUT2D eigenvalue weighted by atomic mass is 32.2. The fourth-order valence-electron chi connectivity index (χ4n) is 2.49. The number of rotatable bonds is 5. The Morgan fingerprint density at radius 2 is 1.65 bits per heavy atom. The molecule has 0 saturated heterocycles. The second-order valence-electron chi connectivity index (χ2n) is 6.69. The van der Waals surface area contributed by atoms with E-state index in [9.17, 15) is 0 Å². The van der Waals surface area contributed by atoms with E-state index in [0.717, 1.165) is 32.9 Å². The molecule has 0 spiro atoms. The smallest absolute Gasteiger partial charge is 0.127 e. The summed E-state index contributed by atoms with van der Waals surface area (Å²) >= 11 is 3.70. The third kappa shape index (κ3) is 3.94. The zero-order valence-electron chi connectivity index (χ0n) is 14.2. The molecule has 3 rings (SSSR count). The highest BCUT2D eigenvalue weighted by Crippen LogP contribution is 2.34. The number of hydrogen-bond donors (Lipinski definition) is 0. The van der Waals surface area contributed by atoms with Crippen LogP contribution in [0.15, 0.2) is 38.4 Å². The molecule has 3 nitrogen and oxygen atoms in total. The molecule has 0 bridgehead atoms. The van der Waals surface area contributed by atoms with Gasteiger partial charge in [0, 0.05) is 17.1 Å². The van der Waals surface area contributed by atoms with Gasteiger partial charge in [0.05, 0.1) is 18.3 Å². The van der Waals surface area contributed by atoms with Crippen LogP contribution in [-0.4, -0.2) is 33.7 Å². The van der Waals surface area contributed by atoms with Crippen molar-refractivity contribution in [3.8, 4) is 0 Å². The lowest BCUT2D eigenvalue weighted by Gasteiger charge is -2.09. The normalized spacial score (nSPS) is 24.3. The average Bonchev–Trinajstić information content (AvgIpc) is 3.25. The predicted molar refractivity (Wildman–Crippen MR) is 104 cm³/mol. The van der Waals surface area contributed by atoms with Gasteiger partial charge in [0.15, 0.2) is 0 Å². The van der Waals surface area contributed by atoms with Crippen LogP contribution in [0.3, 0.4) is 0 Å². The first-order valence-corrected chi connectivity index (χ1v) is 10.2. The Hall–Kier alpha value is -0.940. The van der Waals surface area contributed by atoms with E-state index in [4.69, 9.17) is 14.4 Å². The monoisotopic (exact) mass is 348 g/mol. The van der Waals surface area contributed by atoms with Crippen molar-refractivity contribution in [3.63, 3.8) is 0 Å². The fourth-order valence-corrected chi connectivity index (χ4v) is 5.17. The number of aliphatic imine (C=N–C) groups is 2. The highest BCUT2D eigenvalue weighted by molar-refractivity contribution is 8.17. The molecule has 0 aliphatic carbocycles. The number of thioether (sulfide) groups is 2. The lowest BCUT2D eigenvalue weighted by atomic mass is 10.1. The Labute approximate surface area is 147 Å². The Balaban J connectivity index is 1.93. The third-order valence-electron chi connectivity index (χ3n) is 4.18. The molecule has 3 heterocycles. The van der Waals surface area contributed by atoms with E-state index in [-0.39, 0.29) is 0 Å². The molecule has 2 aliphatic heterocycles. The molecule has 1 aromatic rings. The molecular formula is C18H24N2OS2. The van der Waals surface area contributed by atoms with Gasteiger partial charge in [0.2, 0.25) is 0 Å². The molecule has 5 heteroatoms. The lowest BCUT2D eigenvalue weighted by Crippen LogP contribution is -2.12. The maximum absolute atomic E-state index is 5.53. The first-order valence-electron chi connectivity index (χ1n) is 8.21. The summed E-state index contributed by atoms with van der Waals surface area (Å²) in [6, 6.07) is 4.72. The highest BCUT2D eigenvalue weighted by Gasteiger charge is 2.29. The molecule has 0 radical (unpaired) electrons. The van der Waals surface area contributed by atoms with Crippen LogP contribution in [0.25, 0.3) is 6.08 Å². The van der Waals surface area contributed by atoms with Gasteiger partial charge in [-0.05, 0) is 30.0 Å². The second kappa shape index (κ2) is 7.31. The van der Waals surface area contributed by atoms with Crippen LogP contribution in [-0.2, 0) is 0 Å². The average molecular weight is 349 g/mol. The summed E-state index contributed by atoms with van der Waals surface area (Å²) in [5.74, 6) is 4.15. The summed E-state index contributed by atoms with van der Waals surface area (Å²) < 4.78 is 5.53. The minimum absolute atomic E-state index is 0.405. The van der Waals surface area contributed by atoms with Crippen LogP contribution < -0.4 is 0 Å². The van der Waals surface area contributed by atoms with Gasteiger partial charge < -0.3 is 4.42 Å². The zero-order chi connectivity index (χ0) is 16.4. The minimum Gasteiger partial charge on any atom is -0.465 e. The first kappa shape index (κ1) is 16.9. The molecular weight excluding hydrogens is 324 g/mol. The van der Waals surface area contributed by atoms with Crippen molar-refractivity contribution in [2.75, 3.05) is 11.5 Å². The van der Waals surface area contributed by atoms with Crippen molar-refractivity contribution in [3.05, 3.63) is 29.7 Å². The maximum Gasteiger partial charge on any atom is 0.127 e. The van der Waals surface area contributed by atoms with Crippen molar-refractivity contribution < 1.29 is 4.42 Å². The van der Waals surface area contributed by atoms with Gasteiger partial charge in [-0.1, -0.05) is 27.7 Å². The van der Waals surface area contributed by atoms with Gasteiger partial charge in [0.25, 0.3) is 0 Å². The van der Waals surface area contributed by atoms with E-state index >= 15 is 0 Å². The van der Waals surface area contributed by atoms with Gasteiger partial charge in [-0.3, -0.25) is 9.98 Å². The maximum atomic E-state index is 5.53. The van der Waals surface area contributed by atoms with Crippen molar-refractivity contribution in [2.24, 2.45) is 21.8 Å². The SMILES string of the molecule is CC(C)[C@H]1CSC(C(=Cc2ccco2)C2=N[C@@H](C(C)C)CS2)=N1. The van der Waals surface area contributed by atoms with E-state index in [1.807, 2.05) is 35.7 Å². The zero-order valence-corrected chi connectivity index (χ0v) is 15.8. The topological polar surface area (TPSA) is 37.9 Å². The molecule has 124 valence electrons. The van der Waals surface area contributed by atoms with Crippen molar-refractivity contribution >= 4 is 39.7 Å². The summed E-state index contributed by atoms with van der Waals surface area (Å²) in [6.45, 7) is 8.96. The molecule has 0 unspecified atom stereocenters. The molecule has 2 aliphatic rings. The number of hydrogen-bond acceptors (Lipinski definition) is 5. The molecule has 0 fully saturated rings. The van der Waals surface area contributed by atoms with Crippen molar-refractivity contribution in [1.82, 2.24) is 0 Å². The lowest BCUT2D eigenvalue weighted by molar-refractivity contribution is 0.543. The molecule has 2 atom stereocenters. The fraction of sp³-hybridized carbons (Fsp3) is 0.556. The quantitative estimate of drug-likeness (QED) is 0.751. The molecule has 23 heavy (non-hydrogen) atoms. The Bertz CT molecular complexity index is 593. The first-order chi connectivity index (χ1) is 11.0. The van der Waals surface area contributed by atoms with Gasteiger partial charge in [0.1, 0.15) is 15.8 Å². The van der Waals surface area contributed by atoms with E-state index in [0.29, 0.717) is 23.9 Å². The van der Waals surface area contributed by atoms with Gasteiger partial charge in [-0.25, -0.2) is 0 Å². The summed E-state index contributed by atoms with van der Waals surface area (Å²) in [7, 11) is 0. The number of furan rings is 1. The van der Waals surface area contributed by atoms with Crippen molar-refractivity contribution in [1.29, 1.82) is 0 Å². The summed E-state index contributed by atoms with van der Waals surface area (Å²) in [5.41, 5.74) is 1.14. The molecule has 0 amide bonds. The molecule has 0 aromatic carbocycles. The predicted octanol–water partition coefficient (Wildman–Crippen LogP) is 5.00. The van der Waals surface area contributed by atoms with E-state index < -0.39 is 0 Å². The molecule has 1 aromatic heterocycles. The molecule has 0 N–H and O–H groups in total. The third-order valence-corrected chi connectivity index (χ3v) is 6.39. The van der Waals surface area contributed by atoms with E-state index in [2.05, 4.69) is 33.8 Å². The van der Waals surface area contributed by atoms with Crippen LogP contribution in [0.5, 0.6) is 0 Å². The minimum atomic E-state index is 0.405. The standard InChI is InChI=1S/C18H24N2OS2/c1-11(2)15-9-22-17(19-15)14(8-13-6-5-7-21-13)18-20-16(10-23-18)12(3)4/h5-8,11-12,15-16H,9-10H2,1-4H3/t15-,16-/m1/s1. The van der Waals surface area contributed by atoms with E-state index in [1.165, 1.54) is 0 Å².